The standard InChI is InChI=1S/C16H16N2O3/c19-15(20)14(13-9-5-2-6-10-13)18-16(21)17-11-12-7-3-1-4-8-12/h1-10,14H,11H2,(H,19,20)(H2,17,18,21)/t14-/m1/s1. The van der Waals surface area contributed by atoms with Crippen molar-refractivity contribution in [1.82, 2.24) is 10.6 Å². The van der Waals surface area contributed by atoms with E-state index in [1.54, 1.807) is 30.3 Å². The van der Waals surface area contributed by atoms with Crippen LogP contribution in [0.15, 0.2) is 60.7 Å². The highest BCUT2D eigenvalue weighted by atomic mass is 16.4. The highest BCUT2D eigenvalue weighted by Gasteiger charge is 2.21. The number of carboxylic acids is 1. The Morgan fingerprint density at radius 2 is 1.52 bits per heavy atom. The summed E-state index contributed by atoms with van der Waals surface area (Å²) in [5.41, 5.74) is 1.47. The normalized spacial score (nSPS) is 11.4. The maximum Gasteiger partial charge on any atom is 0.330 e. The van der Waals surface area contributed by atoms with Crippen molar-refractivity contribution in [2.45, 2.75) is 12.6 Å². The van der Waals surface area contributed by atoms with Gasteiger partial charge in [-0.25, -0.2) is 9.59 Å². The summed E-state index contributed by atoms with van der Waals surface area (Å²) in [5, 5.41) is 14.3. The molecule has 0 aromatic heterocycles. The van der Waals surface area contributed by atoms with Gasteiger partial charge in [0.15, 0.2) is 6.04 Å². The van der Waals surface area contributed by atoms with Gasteiger partial charge in [0.25, 0.3) is 0 Å². The summed E-state index contributed by atoms with van der Waals surface area (Å²) in [6.45, 7) is 0.341. The van der Waals surface area contributed by atoms with E-state index in [9.17, 15) is 14.7 Å². The maximum absolute atomic E-state index is 11.8. The number of aliphatic carboxylic acids is 1. The van der Waals surface area contributed by atoms with Gasteiger partial charge in [-0.1, -0.05) is 60.7 Å². The molecule has 0 saturated carbocycles. The highest BCUT2D eigenvalue weighted by molar-refractivity contribution is 5.83. The predicted molar refractivity (Wildman–Crippen MR) is 78.6 cm³/mol. The van der Waals surface area contributed by atoms with Gasteiger partial charge in [-0.3, -0.25) is 0 Å². The number of amides is 2. The van der Waals surface area contributed by atoms with E-state index in [0.717, 1.165) is 5.56 Å². The van der Waals surface area contributed by atoms with Crippen molar-refractivity contribution in [3.8, 4) is 0 Å². The van der Waals surface area contributed by atoms with E-state index in [-0.39, 0.29) is 0 Å². The highest BCUT2D eigenvalue weighted by Crippen LogP contribution is 2.12. The number of rotatable bonds is 5. The van der Waals surface area contributed by atoms with Crippen molar-refractivity contribution in [2.75, 3.05) is 0 Å². The Kier molecular flexibility index (Phi) is 4.93. The Balaban J connectivity index is 1.95. The van der Waals surface area contributed by atoms with Crippen LogP contribution >= 0.6 is 0 Å². The van der Waals surface area contributed by atoms with E-state index >= 15 is 0 Å². The summed E-state index contributed by atoms with van der Waals surface area (Å²) < 4.78 is 0. The molecule has 3 N–H and O–H groups in total. The molecule has 2 aromatic rings. The lowest BCUT2D eigenvalue weighted by molar-refractivity contribution is -0.139. The maximum atomic E-state index is 11.8. The number of carbonyl (C=O) groups is 2. The third kappa shape index (κ3) is 4.35. The van der Waals surface area contributed by atoms with Crippen molar-refractivity contribution in [1.29, 1.82) is 0 Å². The van der Waals surface area contributed by atoms with Gasteiger partial charge >= 0.3 is 12.0 Å². The number of carboxylic acid groups (broad SMARTS) is 1. The van der Waals surface area contributed by atoms with Gasteiger partial charge in [0.1, 0.15) is 0 Å². The topological polar surface area (TPSA) is 78.4 Å². The van der Waals surface area contributed by atoms with Crippen LogP contribution in [0.2, 0.25) is 0 Å². The molecule has 0 saturated heterocycles. The molecule has 108 valence electrons. The SMILES string of the molecule is O=C(NCc1ccccc1)N[C@@H](C(=O)O)c1ccccc1. The fraction of sp³-hybridized carbons (Fsp3) is 0.125. The summed E-state index contributed by atoms with van der Waals surface area (Å²) in [6, 6.07) is 16.4. The van der Waals surface area contributed by atoms with Crippen LogP contribution < -0.4 is 10.6 Å². The molecular weight excluding hydrogens is 268 g/mol. The van der Waals surface area contributed by atoms with Crippen molar-refractivity contribution in [3.05, 3.63) is 71.8 Å². The number of nitrogens with one attached hydrogen (secondary N) is 2. The van der Waals surface area contributed by atoms with Gasteiger partial charge in [-0.2, -0.15) is 0 Å². The fourth-order valence-corrected chi connectivity index (χ4v) is 1.89. The van der Waals surface area contributed by atoms with Gasteiger partial charge in [0, 0.05) is 6.54 Å². The van der Waals surface area contributed by atoms with Crippen LogP contribution in [0.4, 0.5) is 4.79 Å². The smallest absolute Gasteiger partial charge is 0.330 e. The van der Waals surface area contributed by atoms with Gasteiger partial charge in [-0.05, 0) is 11.1 Å². The second-order valence-corrected chi connectivity index (χ2v) is 4.49. The van der Waals surface area contributed by atoms with E-state index < -0.39 is 18.0 Å². The third-order valence-corrected chi connectivity index (χ3v) is 2.95. The van der Waals surface area contributed by atoms with Crippen LogP contribution in [0.25, 0.3) is 0 Å². The molecule has 0 aliphatic carbocycles. The molecular formula is C16H16N2O3. The molecule has 0 fully saturated rings. The van der Waals surface area contributed by atoms with Crippen molar-refractivity contribution < 1.29 is 14.7 Å². The van der Waals surface area contributed by atoms with E-state index in [1.165, 1.54) is 0 Å². The number of urea groups is 1. The van der Waals surface area contributed by atoms with E-state index in [1.807, 2.05) is 30.3 Å². The number of benzene rings is 2. The average molecular weight is 284 g/mol. The first-order valence-corrected chi connectivity index (χ1v) is 6.53. The number of hydrogen-bond donors (Lipinski definition) is 3. The minimum atomic E-state index is -1.10. The van der Waals surface area contributed by atoms with Crippen molar-refractivity contribution in [3.63, 3.8) is 0 Å². The summed E-state index contributed by atoms with van der Waals surface area (Å²) in [4.78, 5) is 23.1. The Labute approximate surface area is 122 Å². The third-order valence-electron chi connectivity index (χ3n) is 2.95. The summed E-state index contributed by atoms with van der Waals surface area (Å²) >= 11 is 0. The molecule has 2 rings (SSSR count). The molecule has 2 amide bonds. The summed E-state index contributed by atoms with van der Waals surface area (Å²) in [7, 11) is 0. The minimum absolute atomic E-state index is 0.341. The molecule has 1 atom stereocenters. The first-order valence-electron chi connectivity index (χ1n) is 6.53. The summed E-state index contributed by atoms with van der Waals surface area (Å²) in [6.07, 6.45) is 0. The van der Waals surface area contributed by atoms with Gasteiger partial charge < -0.3 is 15.7 Å². The second kappa shape index (κ2) is 7.09. The largest absolute Gasteiger partial charge is 0.479 e. The molecule has 0 radical (unpaired) electrons. The Bertz CT molecular complexity index is 599. The van der Waals surface area contributed by atoms with Gasteiger partial charge in [0.05, 0.1) is 0 Å². The van der Waals surface area contributed by atoms with Crippen molar-refractivity contribution in [2.24, 2.45) is 0 Å². The zero-order chi connectivity index (χ0) is 15.1. The first-order chi connectivity index (χ1) is 10.2. The molecule has 0 unspecified atom stereocenters. The molecule has 5 nitrogen and oxygen atoms in total. The minimum Gasteiger partial charge on any atom is -0.479 e. The molecule has 0 aliphatic heterocycles. The molecule has 0 spiro atoms. The first kappa shape index (κ1) is 14.6. The Morgan fingerprint density at radius 1 is 0.952 bits per heavy atom. The average Bonchev–Trinajstić information content (AvgIpc) is 2.52. The van der Waals surface area contributed by atoms with Gasteiger partial charge in [0.2, 0.25) is 0 Å². The quantitative estimate of drug-likeness (QED) is 0.788. The van der Waals surface area contributed by atoms with Crippen LogP contribution in [-0.4, -0.2) is 17.1 Å². The van der Waals surface area contributed by atoms with Gasteiger partial charge in [-0.15, -0.1) is 0 Å². The Morgan fingerprint density at radius 3 is 2.10 bits per heavy atom. The number of carbonyl (C=O) groups excluding carboxylic acids is 1. The van der Waals surface area contributed by atoms with E-state index in [4.69, 9.17) is 0 Å². The van der Waals surface area contributed by atoms with Crippen LogP contribution in [-0.2, 0) is 11.3 Å². The molecule has 21 heavy (non-hydrogen) atoms. The van der Waals surface area contributed by atoms with Crippen LogP contribution in [0.1, 0.15) is 17.2 Å². The van der Waals surface area contributed by atoms with E-state index in [0.29, 0.717) is 12.1 Å². The molecule has 5 heteroatoms. The van der Waals surface area contributed by atoms with Crippen LogP contribution in [0.5, 0.6) is 0 Å². The Hall–Kier alpha value is -2.82. The lowest BCUT2D eigenvalue weighted by Gasteiger charge is -2.15. The molecule has 0 heterocycles. The van der Waals surface area contributed by atoms with Crippen LogP contribution in [0.3, 0.4) is 0 Å². The lowest BCUT2D eigenvalue weighted by Crippen LogP contribution is -2.40. The fourth-order valence-electron chi connectivity index (χ4n) is 1.89. The van der Waals surface area contributed by atoms with Crippen LogP contribution in [0, 0.1) is 0 Å². The monoisotopic (exact) mass is 284 g/mol. The molecule has 0 aliphatic rings. The molecule has 0 bridgehead atoms. The predicted octanol–water partition coefficient (Wildman–Crippen LogP) is 2.31. The van der Waals surface area contributed by atoms with E-state index in [2.05, 4.69) is 10.6 Å². The summed E-state index contributed by atoms with van der Waals surface area (Å²) in [5.74, 6) is -1.10. The van der Waals surface area contributed by atoms with Crippen molar-refractivity contribution >= 4 is 12.0 Å². The number of hydrogen-bond acceptors (Lipinski definition) is 2. The zero-order valence-electron chi connectivity index (χ0n) is 11.3. The zero-order valence-corrected chi connectivity index (χ0v) is 11.3. The lowest BCUT2D eigenvalue weighted by atomic mass is 10.1. The molecule has 2 aromatic carbocycles. The second-order valence-electron chi connectivity index (χ2n) is 4.49.